The molecular weight excluding hydrogens is 713 g/mol. The van der Waals surface area contributed by atoms with Crippen molar-refractivity contribution in [2.75, 3.05) is 0 Å². The highest BCUT2D eigenvalue weighted by Gasteiger charge is 2.49. The molecule has 0 aliphatic carbocycles. The van der Waals surface area contributed by atoms with E-state index in [0.29, 0.717) is 17.5 Å². The number of aromatic nitrogens is 4. The Labute approximate surface area is 334 Å². The maximum Gasteiger partial charge on any atom is 0.164 e. The van der Waals surface area contributed by atoms with Gasteiger partial charge in [0.2, 0.25) is 0 Å². The van der Waals surface area contributed by atoms with Gasteiger partial charge in [0.1, 0.15) is 0 Å². The van der Waals surface area contributed by atoms with Crippen LogP contribution in [0, 0.1) is 0 Å². The molecule has 2 aliphatic heterocycles. The van der Waals surface area contributed by atoms with Crippen molar-refractivity contribution in [3.05, 3.63) is 216 Å². The molecule has 10 aromatic rings. The fourth-order valence-corrected chi connectivity index (χ4v) is 10.7. The van der Waals surface area contributed by atoms with Crippen LogP contribution in [0.4, 0.5) is 0 Å². The predicted molar refractivity (Wildman–Crippen MR) is 232 cm³/mol. The van der Waals surface area contributed by atoms with E-state index in [1.54, 1.807) is 0 Å². The number of hydrogen-bond acceptors (Lipinski definition) is 4. The van der Waals surface area contributed by atoms with E-state index in [4.69, 9.17) is 15.0 Å². The minimum atomic E-state index is -0.547. The lowest BCUT2D eigenvalue weighted by Crippen LogP contribution is -2.37. The summed E-state index contributed by atoms with van der Waals surface area (Å²) in [5, 5.41) is 2.55. The van der Waals surface area contributed by atoms with E-state index in [1.807, 2.05) is 48.2 Å². The summed E-state index contributed by atoms with van der Waals surface area (Å²) >= 11 is 1.88. The Bertz CT molecular complexity index is 3170. The normalized spacial score (nSPS) is 15.0. The van der Waals surface area contributed by atoms with Crippen LogP contribution in [0.25, 0.3) is 72.8 Å². The molecule has 1 unspecified atom stereocenters. The van der Waals surface area contributed by atoms with Gasteiger partial charge in [-0.15, -0.1) is 0 Å². The summed E-state index contributed by atoms with van der Waals surface area (Å²) < 4.78 is 2.50. The third-order valence-electron chi connectivity index (χ3n) is 11.7. The molecule has 5 heteroatoms. The van der Waals surface area contributed by atoms with Crippen LogP contribution in [0.15, 0.2) is 204 Å². The van der Waals surface area contributed by atoms with Gasteiger partial charge in [0.15, 0.2) is 17.5 Å². The van der Waals surface area contributed by atoms with Crippen LogP contribution in [-0.2, 0) is 5.41 Å². The van der Waals surface area contributed by atoms with E-state index in [0.717, 1.165) is 22.3 Å². The fourth-order valence-electron chi connectivity index (χ4n) is 9.34. The van der Waals surface area contributed by atoms with Gasteiger partial charge in [0, 0.05) is 37.3 Å². The van der Waals surface area contributed by atoms with Crippen LogP contribution in [0.2, 0.25) is 0 Å². The molecule has 0 N–H and O–H groups in total. The van der Waals surface area contributed by atoms with Crippen molar-refractivity contribution < 1.29 is 0 Å². The van der Waals surface area contributed by atoms with Crippen molar-refractivity contribution in [2.45, 2.75) is 15.2 Å². The predicted octanol–water partition coefficient (Wildman–Crippen LogP) is 12.8. The summed E-state index contributed by atoms with van der Waals surface area (Å²) in [7, 11) is 0. The maximum absolute atomic E-state index is 5.08. The van der Waals surface area contributed by atoms with Crippen LogP contribution in [-0.4, -0.2) is 19.5 Å². The average molecular weight is 745 g/mol. The highest BCUT2D eigenvalue weighted by Crippen LogP contribution is 2.61. The van der Waals surface area contributed by atoms with Gasteiger partial charge >= 0.3 is 0 Å². The van der Waals surface area contributed by atoms with Crippen molar-refractivity contribution in [1.29, 1.82) is 0 Å². The summed E-state index contributed by atoms with van der Waals surface area (Å²) in [6, 6.07) is 69.7. The number of hydrogen-bond donors (Lipinski definition) is 0. The molecule has 0 amide bonds. The Balaban J connectivity index is 1.10. The first-order valence-corrected chi connectivity index (χ1v) is 20.1. The van der Waals surface area contributed by atoms with Gasteiger partial charge in [0.05, 0.1) is 22.1 Å². The van der Waals surface area contributed by atoms with Gasteiger partial charge in [-0.25, -0.2) is 15.0 Å². The molecule has 1 atom stereocenters. The van der Waals surface area contributed by atoms with Crippen LogP contribution in [0.1, 0.15) is 22.3 Å². The molecule has 57 heavy (non-hydrogen) atoms. The molecule has 12 rings (SSSR count). The lowest BCUT2D eigenvalue weighted by Gasteiger charge is -2.45. The molecule has 0 radical (unpaired) electrons. The Hall–Kier alpha value is -7.08. The van der Waals surface area contributed by atoms with E-state index in [9.17, 15) is 0 Å². The van der Waals surface area contributed by atoms with Crippen molar-refractivity contribution in [3.63, 3.8) is 0 Å². The summed E-state index contributed by atoms with van der Waals surface area (Å²) in [4.78, 5) is 17.6. The molecule has 4 nitrogen and oxygen atoms in total. The topological polar surface area (TPSA) is 43.6 Å². The third-order valence-corrected chi connectivity index (χ3v) is 12.9. The second-order valence-electron chi connectivity index (χ2n) is 14.7. The molecular formula is C52H32N4S. The zero-order valence-corrected chi connectivity index (χ0v) is 31.5. The molecule has 2 aromatic heterocycles. The van der Waals surface area contributed by atoms with Gasteiger partial charge in [-0.2, -0.15) is 0 Å². The molecule has 0 saturated carbocycles. The van der Waals surface area contributed by atoms with Gasteiger partial charge in [-0.05, 0) is 57.6 Å². The monoisotopic (exact) mass is 744 g/mol. The second-order valence-corrected chi connectivity index (χ2v) is 15.8. The van der Waals surface area contributed by atoms with Crippen LogP contribution in [0.3, 0.4) is 0 Å². The molecule has 8 aromatic carbocycles. The average Bonchev–Trinajstić information content (AvgIpc) is 3.63. The van der Waals surface area contributed by atoms with Crippen LogP contribution < -0.4 is 0 Å². The highest BCUT2D eigenvalue weighted by molar-refractivity contribution is 7.99. The van der Waals surface area contributed by atoms with Crippen molar-refractivity contribution in [3.8, 4) is 51.0 Å². The minimum absolute atomic E-state index is 0.547. The molecule has 0 saturated heterocycles. The zero-order valence-electron chi connectivity index (χ0n) is 30.7. The van der Waals surface area contributed by atoms with Crippen LogP contribution in [0.5, 0.6) is 0 Å². The largest absolute Gasteiger partial charge is 0.309 e. The first-order chi connectivity index (χ1) is 28.3. The first kappa shape index (κ1) is 32.2. The summed E-state index contributed by atoms with van der Waals surface area (Å²) in [5.41, 5.74) is 13.5. The molecule has 266 valence electrons. The zero-order chi connectivity index (χ0) is 37.5. The molecule has 0 bridgehead atoms. The van der Waals surface area contributed by atoms with Gasteiger partial charge in [-0.3, -0.25) is 0 Å². The third kappa shape index (κ3) is 4.67. The molecule has 0 fully saturated rings. The SMILES string of the molecule is c1ccc(-c2nc(-c3ccccc3)nc(-c3cccc(-c4cccc5c4Sc4ccccc4C54c5ccccc5-n5c6ccccc6c6cccc4c65)c3)n2)cc1. The summed E-state index contributed by atoms with van der Waals surface area (Å²) in [5.74, 6) is 1.95. The molecule has 1 spiro atoms. The Morgan fingerprint density at radius 1 is 0.404 bits per heavy atom. The van der Waals surface area contributed by atoms with E-state index in [-0.39, 0.29) is 0 Å². The first-order valence-electron chi connectivity index (χ1n) is 19.3. The fraction of sp³-hybridized carbons (Fsp3) is 0.0192. The van der Waals surface area contributed by atoms with E-state index in [2.05, 4.69) is 162 Å². The summed E-state index contributed by atoms with van der Waals surface area (Å²) in [6.07, 6.45) is 0. The van der Waals surface area contributed by atoms with Gasteiger partial charge in [0.25, 0.3) is 0 Å². The van der Waals surface area contributed by atoms with E-state index < -0.39 is 5.41 Å². The summed E-state index contributed by atoms with van der Waals surface area (Å²) in [6.45, 7) is 0. The number of para-hydroxylation sites is 3. The van der Waals surface area contributed by atoms with Crippen molar-refractivity contribution >= 4 is 33.6 Å². The lowest BCUT2D eigenvalue weighted by atomic mass is 9.62. The molecule has 4 heterocycles. The standard InChI is InChI=1S/C52H32N4S/c1-3-16-33(17-4-1)49-53-50(34-18-5-2-6-19-34)55-51(54-49)36-21-13-20-35(32-36)37-23-14-28-43-48(37)57-46-31-12-9-26-41(46)52(43)40-25-8-11-30-45(40)56-44-29-10-7-22-38(44)39-24-15-27-42(52)47(39)56/h1-32H. The highest BCUT2D eigenvalue weighted by atomic mass is 32.2. The minimum Gasteiger partial charge on any atom is -0.309 e. The number of fused-ring (bicyclic) bond motifs is 11. The molecule has 2 aliphatic rings. The number of rotatable bonds is 4. The smallest absolute Gasteiger partial charge is 0.164 e. The van der Waals surface area contributed by atoms with Gasteiger partial charge < -0.3 is 4.57 Å². The van der Waals surface area contributed by atoms with E-state index >= 15 is 0 Å². The Morgan fingerprint density at radius 2 is 0.947 bits per heavy atom. The quantitative estimate of drug-likeness (QED) is 0.180. The van der Waals surface area contributed by atoms with Gasteiger partial charge in [-0.1, -0.05) is 182 Å². The Morgan fingerprint density at radius 3 is 1.74 bits per heavy atom. The number of benzene rings is 8. The second kappa shape index (κ2) is 12.5. The van der Waals surface area contributed by atoms with Crippen LogP contribution >= 0.6 is 11.8 Å². The maximum atomic E-state index is 5.08. The number of nitrogens with zero attached hydrogens (tertiary/aromatic N) is 4. The van der Waals surface area contributed by atoms with E-state index in [1.165, 1.54) is 65.1 Å². The van der Waals surface area contributed by atoms with Crippen molar-refractivity contribution in [1.82, 2.24) is 19.5 Å². The van der Waals surface area contributed by atoms with Crippen molar-refractivity contribution in [2.24, 2.45) is 0 Å². The Kier molecular flexibility index (Phi) is 7.04. The lowest BCUT2D eigenvalue weighted by molar-refractivity contribution is 0.690.